The summed E-state index contributed by atoms with van der Waals surface area (Å²) in [5, 5.41) is 12.2. The van der Waals surface area contributed by atoms with Crippen molar-refractivity contribution in [2.75, 3.05) is 45.4 Å². The first-order valence-corrected chi connectivity index (χ1v) is 8.16. The van der Waals surface area contributed by atoms with Crippen molar-refractivity contribution in [3.63, 3.8) is 0 Å². The quantitative estimate of drug-likeness (QED) is 0.649. The topological polar surface area (TPSA) is 71.8 Å². The fourth-order valence-corrected chi connectivity index (χ4v) is 3.93. The summed E-state index contributed by atoms with van der Waals surface area (Å²) < 4.78 is 5.54. The Morgan fingerprint density at radius 2 is 2.09 bits per heavy atom. The third-order valence-electron chi connectivity index (χ3n) is 4.78. The molecular weight excluding hydrogens is 296 g/mol. The largest absolute Gasteiger partial charge is 0.379 e. The van der Waals surface area contributed by atoms with Crippen LogP contribution in [0.4, 0.5) is 11.5 Å². The predicted octanol–water partition coefficient (Wildman–Crippen LogP) is -1.20. The first-order chi connectivity index (χ1) is 11.0. The Bertz CT molecular complexity index is 539. The molecule has 0 saturated carbocycles. The van der Waals surface area contributed by atoms with Crippen molar-refractivity contribution in [2.45, 2.75) is 19.6 Å². The van der Waals surface area contributed by atoms with Gasteiger partial charge in [-0.25, -0.2) is 20.3 Å². The molecule has 0 aliphatic carbocycles. The Morgan fingerprint density at radius 3 is 2.70 bits per heavy atom. The Balaban J connectivity index is 2.09. The molecule has 1 saturated heterocycles. The van der Waals surface area contributed by atoms with Crippen molar-refractivity contribution >= 4 is 11.5 Å². The Morgan fingerprint density at radius 1 is 1.39 bits per heavy atom. The molecule has 0 spiro atoms. The maximum Gasteiger partial charge on any atom is 0.225 e. The summed E-state index contributed by atoms with van der Waals surface area (Å²) in [6, 6.07) is 3.68. The van der Waals surface area contributed by atoms with Crippen LogP contribution < -0.4 is 15.1 Å². The van der Waals surface area contributed by atoms with E-state index in [1.54, 1.807) is 6.20 Å². The summed E-state index contributed by atoms with van der Waals surface area (Å²) >= 11 is 0. The second-order valence-corrected chi connectivity index (χ2v) is 6.59. The molecule has 1 aromatic heterocycles. The molecule has 23 heavy (non-hydrogen) atoms. The van der Waals surface area contributed by atoms with E-state index in [-0.39, 0.29) is 11.1 Å². The molecule has 128 valence electrons. The number of morpholine rings is 1. The molecule has 8 heteroatoms. The molecule has 1 aromatic rings. The highest BCUT2D eigenvalue weighted by Gasteiger charge is 2.52. The molecule has 2 aliphatic heterocycles. The molecule has 0 amide bonds. The summed E-state index contributed by atoms with van der Waals surface area (Å²) in [5.74, 6) is 0.540. The molecule has 0 radical (unpaired) electrons. The number of fused-ring (bicyclic) bond motifs is 1. The van der Waals surface area contributed by atoms with Crippen LogP contribution in [-0.2, 0) is 4.74 Å². The number of nitrogens with one attached hydrogen (secondary N) is 2. The lowest BCUT2D eigenvalue weighted by Crippen LogP contribution is -3.21. The van der Waals surface area contributed by atoms with Crippen molar-refractivity contribution < 1.29 is 20.0 Å². The summed E-state index contributed by atoms with van der Waals surface area (Å²) in [5.41, 5.74) is 5.17. The first-order valence-electron chi connectivity index (χ1n) is 8.16. The van der Waals surface area contributed by atoms with Gasteiger partial charge in [-0.3, -0.25) is 0 Å². The molecular formula is C15H27N6O2+. The Kier molecular flexibility index (Phi) is 4.54. The number of pyridine rings is 1. The lowest BCUT2D eigenvalue weighted by Gasteiger charge is -2.56. The standard InChI is InChI=1S/C15H26N6O2/c1-12(2)15(18(3)4,19-8-10-23-11-9-19)20-14-13(21(22)17-20)6-5-7-16-14/h5-7,12,21-22H,8-11H2,1-4H3/p+1. The van der Waals surface area contributed by atoms with Gasteiger partial charge in [0.2, 0.25) is 5.79 Å². The number of hydrogen-bond acceptors (Lipinski definition) is 5. The maximum atomic E-state index is 10.3. The monoisotopic (exact) mass is 323 g/mol. The second-order valence-electron chi connectivity index (χ2n) is 6.59. The Labute approximate surface area is 137 Å². The van der Waals surface area contributed by atoms with Crippen LogP contribution in [0.25, 0.3) is 5.53 Å². The minimum Gasteiger partial charge on any atom is -0.379 e. The third-order valence-corrected chi connectivity index (χ3v) is 4.78. The molecule has 3 rings (SSSR count). The van der Waals surface area contributed by atoms with E-state index in [0.717, 1.165) is 13.1 Å². The number of nitrogens with zero attached hydrogens (tertiary/aromatic N) is 4. The van der Waals surface area contributed by atoms with E-state index in [9.17, 15) is 5.21 Å². The molecule has 0 bridgehead atoms. The van der Waals surface area contributed by atoms with E-state index in [2.05, 4.69) is 43.4 Å². The summed E-state index contributed by atoms with van der Waals surface area (Å²) in [4.78, 5) is 8.12. The van der Waals surface area contributed by atoms with E-state index in [0.29, 0.717) is 24.7 Å². The molecule has 1 fully saturated rings. The number of anilines is 1. The highest BCUT2D eigenvalue weighted by Crippen LogP contribution is 2.36. The zero-order chi connectivity index (χ0) is 16.6. The van der Waals surface area contributed by atoms with Gasteiger partial charge < -0.3 is 20.2 Å². The summed E-state index contributed by atoms with van der Waals surface area (Å²) in [7, 11) is 4.26. The van der Waals surface area contributed by atoms with Crippen LogP contribution in [0.2, 0.25) is 0 Å². The molecule has 2 aliphatic rings. The highest BCUT2D eigenvalue weighted by atomic mass is 16.6. The Hall–Kier alpha value is -1.29. The first kappa shape index (κ1) is 16.6. The number of quaternary nitrogens is 2. The van der Waals surface area contributed by atoms with Crippen LogP contribution >= 0.6 is 0 Å². The van der Waals surface area contributed by atoms with Gasteiger partial charge in [-0.2, -0.15) is 0 Å². The lowest BCUT2D eigenvalue weighted by molar-refractivity contribution is -1.00. The van der Waals surface area contributed by atoms with Crippen LogP contribution in [0.5, 0.6) is 0 Å². The van der Waals surface area contributed by atoms with E-state index in [1.165, 1.54) is 4.90 Å². The average Bonchev–Trinajstić information content (AvgIpc) is 2.86. The van der Waals surface area contributed by atoms with Crippen LogP contribution in [0.3, 0.4) is 0 Å². The highest BCUT2D eigenvalue weighted by molar-refractivity contribution is 5.62. The van der Waals surface area contributed by atoms with Gasteiger partial charge in [0.05, 0.1) is 27.3 Å². The number of hydrogen-bond donors (Lipinski definition) is 3. The van der Waals surface area contributed by atoms with Gasteiger partial charge in [-0.15, -0.1) is 0 Å². The van der Waals surface area contributed by atoms with Crippen LogP contribution in [0.1, 0.15) is 13.8 Å². The lowest BCUT2D eigenvalue weighted by atomic mass is 10.00. The van der Waals surface area contributed by atoms with Gasteiger partial charge in [0.25, 0.3) is 0 Å². The van der Waals surface area contributed by atoms with Gasteiger partial charge in [0.1, 0.15) is 0 Å². The molecule has 3 heterocycles. The van der Waals surface area contributed by atoms with Crippen LogP contribution in [0.15, 0.2) is 18.3 Å². The van der Waals surface area contributed by atoms with Crippen molar-refractivity contribution in [3.05, 3.63) is 23.9 Å². The fraction of sp³-hybridized carbons (Fsp3) is 0.667. The molecule has 8 nitrogen and oxygen atoms in total. The zero-order valence-electron chi connectivity index (χ0n) is 14.3. The van der Waals surface area contributed by atoms with Gasteiger partial charge in [0, 0.05) is 31.3 Å². The van der Waals surface area contributed by atoms with Crippen molar-refractivity contribution in [1.82, 2.24) is 9.88 Å². The van der Waals surface area contributed by atoms with E-state index in [4.69, 9.17) is 4.74 Å². The van der Waals surface area contributed by atoms with Crippen LogP contribution in [0, 0.1) is 5.92 Å². The smallest absolute Gasteiger partial charge is 0.225 e. The fourth-order valence-electron chi connectivity index (χ4n) is 3.93. The number of ether oxygens (including phenoxy) is 1. The van der Waals surface area contributed by atoms with Gasteiger partial charge >= 0.3 is 0 Å². The van der Waals surface area contributed by atoms with Crippen molar-refractivity contribution in [2.24, 2.45) is 5.92 Å². The van der Waals surface area contributed by atoms with Crippen molar-refractivity contribution in [3.8, 4) is 0 Å². The average molecular weight is 323 g/mol. The normalized spacial score (nSPS) is 25.0. The molecule has 2 unspecified atom stereocenters. The molecule has 0 aromatic carbocycles. The number of rotatable bonds is 4. The van der Waals surface area contributed by atoms with E-state index >= 15 is 0 Å². The number of aromatic nitrogens is 1. The van der Waals surface area contributed by atoms with Gasteiger partial charge in [-0.1, -0.05) is 13.8 Å². The summed E-state index contributed by atoms with van der Waals surface area (Å²) in [6.45, 7) is 7.46. The minimum atomic E-state index is -0.433. The van der Waals surface area contributed by atoms with E-state index in [1.807, 2.05) is 17.1 Å². The van der Waals surface area contributed by atoms with Crippen molar-refractivity contribution in [1.29, 1.82) is 0 Å². The predicted molar refractivity (Wildman–Crippen MR) is 85.3 cm³/mol. The molecule has 2 atom stereocenters. The summed E-state index contributed by atoms with van der Waals surface area (Å²) in [6.07, 6.45) is 1.75. The SMILES string of the molecule is CC(C)C(N1CCOCC1)(N1[N-][NH+](O)c2cccnc21)[NH+](C)C. The molecule has 3 N–H and O–H groups in total. The van der Waals surface area contributed by atoms with Gasteiger partial charge in [0.15, 0.2) is 11.5 Å². The minimum absolute atomic E-state index is 0.0348. The zero-order valence-corrected chi connectivity index (χ0v) is 14.3. The van der Waals surface area contributed by atoms with Gasteiger partial charge in [-0.05, 0) is 6.07 Å². The maximum absolute atomic E-state index is 10.3. The third kappa shape index (κ3) is 2.51. The van der Waals surface area contributed by atoms with Crippen LogP contribution in [-0.4, -0.2) is 61.3 Å². The van der Waals surface area contributed by atoms with E-state index < -0.39 is 5.79 Å². The second kappa shape index (κ2) is 6.31.